The van der Waals surface area contributed by atoms with E-state index in [0.717, 1.165) is 5.56 Å². The van der Waals surface area contributed by atoms with Gasteiger partial charge in [0, 0.05) is 12.8 Å². The van der Waals surface area contributed by atoms with E-state index >= 15 is 0 Å². The lowest BCUT2D eigenvalue weighted by molar-refractivity contribution is -0.127. The molecular formula is C17H27N3O4. The van der Waals surface area contributed by atoms with Crippen LogP contribution in [-0.2, 0) is 25.7 Å². The molecule has 0 radical (unpaired) electrons. The van der Waals surface area contributed by atoms with Crippen LogP contribution in [-0.4, -0.2) is 37.8 Å². The Labute approximate surface area is 142 Å². The summed E-state index contributed by atoms with van der Waals surface area (Å²) in [6.45, 7) is 5.99. The van der Waals surface area contributed by atoms with Crippen LogP contribution in [0.3, 0.4) is 0 Å². The average molecular weight is 337 g/mol. The quantitative estimate of drug-likeness (QED) is 0.465. The van der Waals surface area contributed by atoms with Crippen molar-refractivity contribution in [3.05, 3.63) is 29.8 Å². The van der Waals surface area contributed by atoms with Crippen molar-refractivity contribution in [1.82, 2.24) is 5.32 Å². The Balaban J connectivity index is 2.50. The smallest absolute Gasteiger partial charge is 0.246 e. The van der Waals surface area contributed by atoms with Gasteiger partial charge in [-0.25, -0.2) is 0 Å². The van der Waals surface area contributed by atoms with Crippen LogP contribution in [0.15, 0.2) is 24.3 Å². The van der Waals surface area contributed by atoms with Crippen LogP contribution in [0.5, 0.6) is 0 Å². The number of nitrogens with one attached hydrogen (secondary N) is 2. The highest BCUT2D eigenvalue weighted by Crippen LogP contribution is 2.11. The van der Waals surface area contributed by atoms with Gasteiger partial charge in [0.25, 0.3) is 0 Å². The maximum atomic E-state index is 12.1. The molecule has 0 heterocycles. The van der Waals surface area contributed by atoms with Crippen molar-refractivity contribution in [1.29, 1.82) is 0 Å². The molecule has 0 fully saturated rings. The number of carbonyl (C=O) groups is 2. The van der Waals surface area contributed by atoms with Gasteiger partial charge in [-0.3, -0.25) is 9.59 Å². The molecule has 0 aliphatic rings. The van der Waals surface area contributed by atoms with Crippen molar-refractivity contribution in [3.8, 4) is 0 Å². The second-order valence-electron chi connectivity index (χ2n) is 5.94. The first-order valence-corrected chi connectivity index (χ1v) is 7.87. The number of nitrogens with two attached hydrogens (primary N) is 1. The molecule has 0 aliphatic carbocycles. The number of methoxy groups -OCH3 is 1. The number of anilines is 1. The van der Waals surface area contributed by atoms with Crippen LogP contribution in [0.2, 0.25) is 0 Å². The van der Waals surface area contributed by atoms with E-state index < -0.39 is 12.1 Å². The third kappa shape index (κ3) is 6.66. The maximum Gasteiger partial charge on any atom is 0.246 e. The van der Waals surface area contributed by atoms with Crippen LogP contribution in [0.25, 0.3) is 0 Å². The predicted octanol–water partition coefficient (Wildman–Crippen LogP) is 1.23. The molecule has 1 aromatic carbocycles. The molecule has 2 amide bonds. The SMILES string of the molecule is COCOCc1ccc(NC(=O)[C@H](C)NC(=O)[C@@H](N)C(C)C)cc1. The van der Waals surface area contributed by atoms with E-state index in [1.54, 1.807) is 26.2 Å². The van der Waals surface area contributed by atoms with Crippen molar-refractivity contribution >= 4 is 17.5 Å². The zero-order chi connectivity index (χ0) is 18.1. The Kier molecular flexibility index (Phi) is 8.39. The Morgan fingerprint density at radius 3 is 2.29 bits per heavy atom. The lowest BCUT2D eigenvalue weighted by atomic mass is 10.0. The van der Waals surface area contributed by atoms with E-state index in [2.05, 4.69) is 10.6 Å². The standard InChI is InChI=1S/C17H27N3O4/c1-11(2)15(18)17(22)19-12(3)16(21)20-14-7-5-13(6-8-14)9-24-10-23-4/h5-8,11-12,15H,9-10,18H2,1-4H3,(H,19,22)(H,20,21)/t12-,15-/m0/s1. The molecule has 0 unspecified atom stereocenters. The van der Waals surface area contributed by atoms with Crippen molar-refractivity contribution in [2.24, 2.45) is 11.7 Å². The minimum absolute atomic E-state index is 0.00753. The molecule has 7 heteroatoms. The highest BCUT2D eigenvalue weighted by atomic mass is 16.7. The molecule has 0 aliphatic heterocycles. The molecule has 0 spiro atoms. The van der Waals surface area contributed by atoms with Crippen molar-refractivity contribution < 1.29 is 19.1 Å². The topological polar surface area (TPSA) is 103 Å². The molecule has 0 bridgehead atoms. The van der Waals surface area contributed by atoms with E-state index in [4.69, 9.17) is 15.2 Å². The van der Waals surface area contributed by atoms with Crippen LogP contribution in [0.4, 0.5) is 5.69 Å². The molecule has 0 aromatic heterocycles. The molecule has 7 nitrogen and oxygen atoms in total. The largest absolute Gasteiger partial charge is 0.359 e. The summed E-state index contributed by atoms with van der Waals surface area (Å²) in [5.41, 5.74) is 7.37. The van der Waals surface area contributed by atoms with E-state index in [-0.39, 0.29) is 24.5 Å². The number of rotatable bonds is 9. The van der Waals surface area contributed by atoms with Gasteiger partial charge < -0.3 is 25.8 Å². The maximum absolute atomic E-state index is 12.1. The number of hydrogen-bond acceptors (Lipinski definition) is 5. The van der Waals surface area contributed by atoms with E-state index in [1.165, 1.54) is 0 Å². The molecule has 2 atom stereocenters. The van der Waals surface area contributed by atoms with Gasteiger partial charge in [0.05, 0.1) is 12.6 Å². The zero-order valence-corrected chi connectivity index (χ0v) is 14.7. The number of ether oxygens (including phenoxy) is 2. The minimum Gasteiger partial charge on any atom is -0.359 e. The Morgan fingerprint density at radius 1 is 1.12 bits per heavy atom. The molecule has 134 valence electrons. The lowest BCUT2D eigenvalue weighted by Gasteiger charge is -2.19. The van der Waals surface area contributed by atoms with Gasteiger partial charge in [0.15, 0.2) is 0 Å². The second-order valence-corrected chi connectivity index (χ2v) is 5.94. The first-order valence-electron chi connectivity index (χ1n) is 7.87. The Hall–Kier alpha value is -1.96. The van der Waals surface area contributed by atoms with Crippen LogP contribution >= 0.6 is 0 Å². The Morgan fingerprint density at radius 2 is 1.75 bits per heavy atom. The summed E-state index contributed by atoms with van der Waals surface area (Å²) in [6, 6.07) is 5.95. The molecule has 1 rings (SSSR count). The monoisotopic (exact) mass is 337 g/mol. The van der Waals surface area contributed by atoms with Crippen LogP contribution < -0.4 is 16.4 Å². The molecule has 0 saturated heterocycles. The summed E-state index contributed by atoms with van der Waals surface area (Å²) in [4.78, 5) is 24.0. The van der Waals surface area contributed by atoms with Crippen LogP contribution in [0, 0.1) is 5.92 Å². The van der Waals surface area contributed by atoms with Gasteiger partial charge >= 0.3 is 0 Å². The summed E-state index contributed by atoms with van der Waals surface area (Å²) in [7, 11) is 1.56. The van der Waals surface area contributed by atoms with E-state index in [1.807, 2.05) is 26.0 Å². The highest BCUT2D eigenvalue weighted by Gasteiger charge is 2.22. The van der Waals surface area contributed by atoms with Crippen molar-refractivity contribution in [3.63, 3.8) is 0 Å². The van der Waals surface area contributed by atoms with Gasteiger partial charge in [0.1, 0.15) is 12.8 Å². The fourth-order valence-electron chi connectivity index (χ4n) is 1.86. The van der Waals surface area contributed by atoms with Gasteiger partial charge in [-0.1, -0.05) is 26.0 Å². The fraction of sp³-hybridized carbons (Fsp3) is 0.529. The predicted molar refractivity (Wildman–Crippen MR) is 92.2 cm³/mol. The number of benzene rings is 1. The zero-order valence-electron chi connectivity index (χ0n) is 14.7. The van der Waals surface area contributed by atoms with Crippen LogP contribution in [0.1, 0.15) is 26.3 Å². The summed E-state index contributed by atoms with van der Waals surface area (Å²) in [5, 5.41) is 5.37. The fourth-order valence-corrected chi connectivity index (χ4v) is 1.86. The molecule has 24 heavy (non-hydrogen) atoms. The third-order valence-corrected chi connectivity index (χ3v) is 3.46. The van der Waals surface area contributed by atoms with E-state index in [9.17, 15) is 9.59 Å². The summed E-state index contributed by atoms with van der Waals surface area (Å²) in [6.07, 6.45) is 0. The summed E-state index contributed by atoms with van der Waals surface area (Å²) >= 11 is 0. The van der Waals surface area contributed by atoms with E-state index in [0.29, 0.717) is 12.3 Å². The number of hydrogen-bond donors (Lipinski definition) is 3. The third-order valence-electron chi connectivity index (χ3n) is 3.46. The van der Waals surface area contributed by atoms with Crippen molar-refractivity contribution in [2.45, 2.75) is 39.5 Å². The minimum atomic E-state index is -0.674. The first-order chi connectivity index (χ1) is 11.3. The van der Waals surface area contributed by atoms with Gasteiger partial charge in [-0.05, 0) is 30.5 Å². The van der Waals surface area contributed by atoms with Crippen molar-refractivity contribution in [2.75, 3.05) is 19.2 Å². The summed E-state index contributed by atoms with van der Waals surface area (Å²) in [5.74, 6) is -0.630. The molecule has 4 N–H and O–H groups in total. The molecule has 1 aromatic rings. The van der Waals surface area contributed by atoms with Gasteiger partial charge in [-0.15, -0.1) is 0 Å². The summed E-state index contributed by atoms with van der Waals surface area (Å²) < 4.78 is 10.1. The molecular weight excluding hydrogens is 310 g/mol. The normalized spacial score (nSPS) is 13.4. The highest BCUT2D eigenvalue weighted by molar-refractivity contribution is 5.97. The molecule has 0 saturated carbocycles. The lowest BCUT2D eigenvalue weighted by Crippen LogP contribution is -2.50. The Bertz CT molecular complexity index is 531. The van der Waals surface area contributed by atoms with Gasteiger partial charge in [0.2, 0.25) is 11.8 Å². The average Bonchev–Trinajstić information content (AvgIpc) is 2.55. The van der Waals surface area contributed by atoms with Gasteiger partial charge in [-0.2, -0.15) is 0 Å². The first kappa shape index (κ1) is 20.1. The second kappa shape index (κ2) is 10.0. The number of amides is 2. The number of carbonyl (C=O) groups excluding carboxylic acids is 2.